The Kier molecular flexibility index (Phi) is 10.5. The first-order valence-corrected chi connectivity index (χ1v) is 16.5. The normalized spacial score (nSPS) is 16.2. The van der Waals surface area contributed by atoms with Crippen molar-refractivity contribution in [2.24, 2.45) is 5.92 Å². The van der Waals surface area contributed by atoms with Gasteiger partial charge in [-0.3, -0.25) is 9.63 Å². The van der Waals surface area contributed by atoms with Crippen LogP contribution in [0.1, 0.15) is 54.9 Å². The number of likely N-dealkylation sites (N-methyl/N-ethyl adjacent to an activating group) is 1. The average molecular weight is 446 g/mol. The van der Waals surface area contributed by atoms with E-state index >= 15 is 0 Å². The first kappa shape index (κ1) is 28.5. The summed E-state index contributed by atoms with van der Waals surface area (Å²) in [6, 6.07) is 0. The van der Waals surface area contributed by atoms with Crippen molar-refractivity contribution in [1.82, 2.24) is 5.06 Å². The minimum Gasteiger partial charge on any atom is -0.417 e. The van der Waals surface area contributed by atoms with Crippen LogP contribution in [0.2, 0.25) is 36.3 Å². The molecule has 0 fully saturated rings. The number of nitrogens with zero attached hydrogens (tertiary/aromatic N) is 1. The highest BCUT2D eigenvalue weighted by Gasteiger charge is 2.41. The van der Waals surface area contributed by atoms with E-state index in [1.54, 1.807) is 13.1 Å². The third-order valence-corrected chi connectivity index (χ3v) is 15.7. The van der Waals surface area contributed by atoms with Gasteiger partial charge in [-0.25, -0.2) is 5.06 Å². The van der Waals surface area contributed by atoms with E-state index in [1.165, 1.54) is 12.2 Å². The van der Waals surface area contributed by atoms with Crippen LogP contribution in [0.4, 0.5) is 0 Å². The zero-order valence-electron chi connectivity index (χ0n) is 21.3. The van der Waals surface area contributed by atoms with E-state index in [2.05, 4.69) is 74.7 Å². The van der Waals surface area contributed by atoms with E-state index in [1.807, 2.05) is 6.08 Å². The van der Waals surface area contributed by atoms with Gasteiger partial charge in [0.05, 0.1) is 13.2 Å². The topological polar surface area (TPSA) is 48.0 Å². The molecule has 0 aliphatic carbocycles. The summed E-state index contributed by atoms with van der Waals surface area (Å²) in [6.07, 6.45) is 4.34. The van der Waals surface area contributed by atoms with Crippen LogP contribution in [0.5, 0.6) is 0 Å². The Morgan fingerprint density at radius 2 is 1.48 bits per heavy atom. The molecular formula is C22H47NO4Si2. The van der Waals surface area contributed by atoms with Gasteiger partial charge in [-0.2, -0.15) is 0 Å². The summed E-state index contributed by atoms with van der Waals surface area (Å²) in [5, 5.41) is 1.53. The van der Waals surface area contributed by atoms with Crippen molar-refractivity contribution in [2.75, 3.05) is 20.8 Å². The monoisotopic (exact) mass is 445 g/mol. The van der Waals surface area contributed by atoms with E-state index in [0.29, 0.717) is 6.61 Å². The molecule has 0 aromatic rings. The summed E-state index contributed by atoms with van der Waals surface area (Å²) in [7, 11) is -0.656. The van der Waals surface area contributed by atoms with Crippen LogP contribution in [0.15, 0.2) is 12.2 Å². The molecule has 0 aromatic carbocycles. The van der Waals surface area contributed by atoms with Gasteiger partial charge in [-0.05, 0) is 48.6 Å². The lowest BCUT2D eigenvalue weighted by Crippen LogP contribution is -2.46. The third-order valence-electron chi connectivity index (χ3n) is 6.64. The summed E-state index contributed by atoms with van der Waals surface area (Å²) in [6.45, 7) is 25.4. The maximum atomic E-state index is 12.1. The van der Waals surface area contributed by atoms with Gasteiger partial charge in [0.2, 0.25) is 0 Å². The number of rotatable bonds is 10. The van der Waals surface area contributed by atoms with E-state index in [9.17, 15) is 4.79 Å². The molecule has 172 valence electrons. The first-order valence-electron chi connectivity index (χ1n) is 10.7. The van der Waals surface area contributed by atoms with E-state index < -0.39 is 16.6 Å². The lowest BCUT2D eigenvalue weighted by Gasteiger charge is -2.41. The molecule has 0 unspecified atom stereocenters. The van der Waals surface area contributed by atoms with Gasteiger partial charge in [0, 0.05) is 19.7 Å². The van der Waals surface area contributed by atoms with Gasteiger partial charge in [0.25, 0.3) is 5.91 Å². The molecule has 0 radical (unpaired) electrons. The van der Waals surface area contributed by atoms with E-state index in [-0.39, 0.29) is 28.0 Å². The van der Waals surface area contributed by atoms with Crippen molar-refractivity contribution < 1.29 is 18.5 Å². The molecule has 5 nitrogen and oxygen atoms in total. The van der Waals surface area contributed by atoms with Gasteiger partial charge in [0.15, 0.2) is 16.6 Å². The van der Waals surface area contributed by atoms with Crippen molar-refractivity contribution in [1.29, 1.82) is 0 Å². The molecule has 0 N–H and O–H groups in total. The van der Waals surface area contributed by atoms with Crippen molar-refractivity contribution in [3.63, 3.8) is 0 Å². The van der Waals surface area contributed by atoms with Gasteiger partial charge in [-0.15, -0.1) is 0 Å². The first-order chi connectivity index (χ1) is 12.9. The maximum absolute atomic E-state index is 12.1. The Morgan fingerprint density at radius 1 is 1.00 bits per heavy atom. The quantitative estimate of drug-likeness (QED) is 0.235. The fourth-order valence-corrected chi connectivity index (χ4v) is 4.69. The fraction of sp³-hybridized carbons (Fsp3) is 0.864. The summed E-state index contributed by atoms with van der Waals surface area (Å²) < 4.78 is 13.2. The lowest BCUT2D eigenvalue weighted by molar-refractivity contribution is -0.162. The van der Waals surface area contributed by atoms with Gasteiger partial charge < -0.3 is 8.85 Å². The number of hydroxylamine groups is 2. The molecule has 0 spiro atoms. The summed E-state index contributed by atoms with van der Waals surface area (Å²) in [5.41, 5.74) is 0. The fourth-order valence-electron chi connectivity index (χ4n) is 2.18. The van der Waals surface area contributed by atoms with Crippen molar-refractivity contribution >= 4 is 22.5 Å². The largest absolute Gasteiger partial charge is 0.417 e. The maximum Gasteiger partial charge on any atom is 0.269 e. The predicted molar refractivity (Wildman–Crippen MR) is 128 cm³/mol. The van der Waals surface area contributed by atoms with Gasteiger partial charge in [-0.1, -0.05) is 54.5 Å². The molecular weight excluding hydrogens is 398 g/mol. The summed E-state index contributed by atoms with van der Waals surface area (Å²) in [4.78, 5) is 17.0. The van der Waals surface area contributed by atoms with Crippen molar-refractivity contribution in [2.45, 2.75) is 97.3 Å². The predicted octanol–water partition coefficient (Wildman–Crippen LogP) is 6.00. The van der Waals surface area contributed by atoms with Gasteiger partial charge in [0.1, 0.15) is 0 Å². The molecule has 29 heavy (non-hydrogen) atoms. The van der Waals surface area contributed by atoms with Crippen molar-refractivity contribution in [3.8, 4) is 0 Å². The lowest BCUT2D eigenvalue weighted by atomic mass is 10.0. The number of hydrogen-bond acceptors (Lipinski definition) is 4. The SMILES string of the molecule is CON(C)C(=O)/C=C/[C@@H](C)[C@H](CCO[Si](C)(C)C(C)(C)C)O[Si](C)(C)C(C)(C)C. The van der Waals surface area contributed by atoms with Crippen LogP contribution in [0.3, 0.4) is 0 Å². The molecule has 0 saturated carbocycles. The third kappa shape index (κ3) is 9.05. The Balaban J connectivity index is 5.36. The zero-order valence-corrected chi connectivity index (χ0v) is 23.3. The van der Waals surface area contributed by atoms with Crippen LogP contribution >= 0.6 is 0 Å². The van der Waals surface area contributed by atoms with Crippen LogP contribution < -0.4 is 0 Å². The second-order valence-corrected chi connectivity index (χ2v) is 20.6. The average Bonchev–Trinajstić information content (AvgIpc) is 2.55. The highest BCUT2D eigenvalue weighted by Crippen LogP contribution is 2.39. The molecule has 0 aromatic heterocycles. The number of carbonyl (C=O) groups is 1. The summed E-state index contributed by atoms with van der Waals surface area (Å²) in [5.74, 6) is -0.0794. The number of hydrogen-bond donors (Lipinski definition) is 0. The van der Waals surface area contributed by atoms with Gasteiger partial charge >= 0.3 is 0 Å². The van der Waals surface area contributed by atoms with Crippen molar-refractivity contribution in [3.05, 3.63) is 12.2 Å². The molecule has 7 heteroatoms. The molecule has 0 heterocycles. The Morgan fingerprint density at radius 3 is 1.90 bits per heavy atom. The molecule has 0 saturated heterocycles. The Hall–Kier alpha value is -0.476. The molecule has 0 aliphatic rings. The second-order valence-electron chi connectivity index (χ2n) is 11.1. The Labute approximate surface area is 182 Å². The highest BCUT2D eigenvalue weighted by molar-refractivity contribution is 6.74. The van der Waals surface area contributed by atoms with E-state index in [0.717, 1.165) is 6.42 Å². The van der Waals surface area contributed by atoms with Crippen LogP contribution in [0, 0.1) is 5.92 Å². The van der Waals surface area contributed by atoms with Crippen LogP contribution in [-0.2, 0) is 18.5 Å². The molecule has 0 rings (SSSR count). The smallest absolute Gasteiger partial charge is 0.269 e. The van der Waals surface area contributed by atoms with Crippen LogP contribution in [0.25, 0.3) is 0 Å². The second kappa shape index (κ2) is 10.7. The molecule has 2 atom stereocenters. The molecule has 0 bridgehead atoms. The number of amides is 1. The minimum absolute atomic E-state index is 0.0116. The highest BCUT2D eigenvalue weighted by atomic mass is 28.4. The molecule has 1 amide bonds. The number of carbonyl (C=O) groups excluding carboxylic acids is 1. The standard InChI is InChI=1S/C22H47NO4Si2/c1-18(14-15-20(24)23(8)25-9)19(27-29(12,13)22(5,6)7)16-17-26-28(10,11)21(2,3)4/h14-15,18-19H,16-17H2,1-13H3/b15-14+/t18-,19+/m1/s1. The minimum atomic E-state index is -1.95. The van der Waals surface area contributed by atoms with E-state index in [4.69, 9.17) is 13.7 Å². The van der Waals surface area contributed by atoms with Crippen LogP contribution in [-0.4, -0.2) is 54.5 Å². The zero-order chi connectivity index (χ0) is 23.3. The molecule has 0 aliphatic heterocycles. The Bertz CT molecular complexity index is 548. The summed E-state index contributed by atoms with van der Waals surface area (Å²) >= 11 is 0.